The standard InChI is InChI=1S/C16H18N2O2/c19-16(15-11-20-8-7-17-15)18-10-12-5-6-13-3-1-2-4-14(13)9-12/h1-6,9,15,17H,7-8,10-11H2,(H,18,19). The quantitative estimate of drug-likeness (QED) is 0.887. The monoisotopic (exact) mass is 270 g/mol. The third kappa shape index (κ3) is 2.98. The van der Waals surface area contributed by atoms with Gasteiger partial charge >= 0.3 is 0 Å². The Balaban J connectivity index is 1.62. The molecule has 1 heterocycles. The maximum atomic E-state index is 12.0. The lowest BCUT2D eigenvalue weighted by molar-refractivity contribution is -0.126. The number of carbonyl (C=O) groups excluding carboxylic acids is 1. The molecule has 0 aliphatic carbocycles. The highest BCUT2D eigenvalue weighted by Crippen LogP contribution is 2.15. The molecule has 0 saturated carbocycles. The van der Waals surface area contributed by atoms with Crippen LogP contribution in [0.1, 0.15) is 5.56 Å². The Labute approximate surface area is 118 Å². The van der Waals surface area contributed by atoms with Gasteiger partial charge in [0.15, 0.2) is 0 Å². The summed E-state index contributed by atoms with van der Waals surface area (Å²) in [7, 11) is 0. The van der Waals surface area contributed by atoms with Crippen molar-refractivity contribution in [2.45, 2.75) is 12.6 Å². The van der Waals surface area contributed by atoms with E-state index in [1.54, 1.807) is 0 Å². The summed E-state index contributed by atoms with van der Waals surface area (Å²) in [6.45, 7) is 2.40. The van der Waals surface area contributed by atoms with Gasteiger partial charge in [0, 0.05) is 13.1 Å². The second kappa shape index (κ2) is 6.03. The fourth-order valence-corrected chi connectivity index (χ4v) is 2.39. The van der Waals surface area contributed by atoms with Crippen LogP contribution in [0.2, 0.25) is 0 Å². The van der Waals surface area contributed by atoms with Gasteiger partial charge in [-0.3, -0.25) is 4.79 Å². The van der Waals surface area contributed by atoms with Crippen LogP contribution in [0.15, 0.2) is 42.5 Å². The van der Waals surface area contributed by atoms with Crippen molar-refractivity contribution in [1.29, 1.82) is 0 Å². The molecule has 2 aromatic carbocycles. The molecule has 0 aromatic heterocycles. The molecule has 0 spiro atoms. The molecule has 2 aromatic rings. The van der Waals surface area contributed by atoms with E-state index in [0.717, 1.165) is 12.1 Å². The Hall–Kier alpha value is -1.91. The van der Waals surface area contributed by atoms with Gasteiger partial charge in [-0.2, -0.15) is 0 Å². The van der Waals surface area contributed by atoms with Gasteiger partial charge in [-0.05, 0) is 22.4 Å². The second-order valence-corrected chi connectivity index (χ2v) is 4.98. The highest BCUT2D eigenvalue weighted by Gasteiger charge is 2.20. The van der Waals surface area contributed by atoms with Crippen LogP contribution in [0, 0.1) is 0 Å². The van der Waals surface area contributed by atoms with E-state index in [1.165, 1.54) is 10.8 Å². The summed E-state index contributed by atoms with van der Waals surface area (Å²) in [4.78, 5) is 12.0. The molecule has 1 unspecified atom stereocenters. The first-order chi connectivity index (χ1) is 9.83. The third-order valence-electron chi connectivity index (χ3n) is 3.52. The summed E-state index contributed by atoms with van der Waals surface area (Å²) in [6.07, 6.45) is 0. The number of ether oxygens (including phenoxy) is 1. The Kier molecular flexibility index (Phi) is 3.95. The molecule has 1 amide bonds. The molecule has 4 nitrogen and oxygen atoms in total. The molecule has 4 heteroatoms. The number of hydrogen-bond acceptors (Lipinski definition) is 3. The largest absolute Gasteiger partial charge is 0.378 e. The number of nitrogens with one attached hydrogen (secondary N) is 2. The van der Waals surface area contributed by atoms with Gasteiger partial charge in [-0.1, -0.05) is 36.4 Å². The summed E-state index contributed by atoms with van der Waals surface area (Å²) in [5.41, 5.74) is 1.11. The Bertz CT molecular complexity index is 606. The first kappa shape index (κ1) is 13.1. The van der Waals surface area contributed by atoms with E-state index in [1.807, 2.05) is 18.2 Å². The summed E-state index contributed by atoms with van der Waals surface area (Å²) in [5.74, 6) is -0.00198. The molecule has 1 aliphatic heterocycles. The molecular formula is C16H18N2O2. The highest BCUT2D eigenvalue weighted by molar-refractivity contribution is 5.84. The summed E-state index contributed by atoms with van der Waals surface area (Å²) < 4.78 is 5.29. The Morgan fingerprint density at radius 1 is 1.25 bits per heavy atom. The minimum Gasteiger partial charge on any atom is -0.378 e. The number of fused-ring (bicyclic) bond motifs is 1. The van der Waals surface area contributed by atoms with Crippen molar-refractivity contribution in [2.75, 3.05) is 19.8 Å². The average Bonchev–Trinajstić information content (AvgIpc) is 2.53. The SMILES string of the molecule is O=C(NCc1ccc2ccccc2c1)C1COCCN1. The van der Waals surface area contributed by atoms with Crippen LogP contribution in [0.4, 0.5) is 0 Å². The van der Waals surface area contributed by atoms with Crippen molar-refractivity contribution in [1.82, 2.24) is 10.6 Å². The van der Waals surface area contributed by atoms with Crippen molar-refractivity contribution in [3.05, 3.63) is 48.0 Å². The number of amides is 1. The topological polar surface area (TPSA) is 50.4 Å². The van der Waals surface area contributed by atoms with E-state index < -0.39 is 0 Å². The number of benzene rings is 2. The zero-order valence-corrected chi connectivity index (χ0v) is 11.3. The molecule has 2 N–H and O–H groups in total. The minimum absolute atomic E-state index is 0.00198. The zero-order chi connectivity index (χ0) is 13.8. The first-order valence-electron chi connectivity index (χ1n) is 6.89. The van der Waals surface area contributed by atoms with Gasteiger partial charge in [0.25, 0.3) is 0 Å². The number of carbonyl (C=O) groups is 1. The van der Waals surface area contributed by atoms with Crippen LogP contribution in [-0.4, -0.2) is 31.7 Å². The van der Waals surface area contributed by atoms with Gasteiger partial charge in [0.2, 0.25) is 5.91 Å². The van der Waals surface area contributed by atoms with Gasteiger partial charge < -0.3 is 15.4 Å². The molecule has 1 saturated heterocycles. The van der Waals surface area contributed by atoms with Crippen LogP contribution in [0.3, 0.4) is 0 Å². The normalized spacial score (nSPS) is 18.9. The van der Waals surface area contributed by atoms with Gasteiger partial charge in [0.1, 0.15) is 6.04 Å². The fourth-order valence-electron chi connectivity index (χ4n) is 2.39. The summed E-state index contributed by atoms with van der Waals surface area (Å²) in [5, 5.41) is 8.51. The highest BCUT2D eigenvalue weighted by atomic mass is 16.5. The lowest BCUT2D eigenvalue weighted by atomic mass is 10.1. The van der Waals surface area contributed by atoms with Crippen molar-refractivity contribution in [3.63, 3.8) is 0 Å². The maximum Gasteiger partial charge on any atom is 0.239 e. The van der Waals surface area contributed by atoms with E-state index in [0.29, 0.717) is 19.8 Å². The van der Waals surface area contributed by atoms with Crippen LogP contribution >= 0.6 is 0 Å². The Morgan fingerprint density at radius 3 is 2.90 bits per heavy atom. The molecule has 104 valence electrons. The van der Waals surface area contributed by atoms with Gasteiger partial charge in [0.05, 0.1) is 13.2 Å². The van der Waals surface area contributed by atoms with E-state index in [4.69, 9.17) is 4.74 Å². The molecule has 1 atom stereocenters. The molecular weight excluding hydrogens is 252 g/mol. The molecule has 1 fully saturated rings. The third-order valence-corrected chi connectivity index (χ3v) is 3.52. The van der Waals surface area contributed by atoms with Crippen LogP contribution < -0.4 is 10.6 Å². The van der Waals surface area contributed by atoms with E-state index in [9.17, 15) is 4.79 Å². The molecule has 0 radical (unpaired) electrons. The van der Waals surface area contributed by atoms with E-state index in [2.05, 4.69) is 34.9 Å². The van der Waals surface area contributed by atoms with Gasteiger partial charge in [-0.25, -0.2) is 0 Å². The predicted octanol–water partition coefficient (Wildman–Crippen LogP) is 1.44. The van der Waals surface area contributed by atoms with Gasteiger partial charge in [-0.15, -0.1) is 0 Å². The Morgan fingerprint density at radius 2 is 2.10 bits per heavy atom. The second-order valence-electron chi connectivity index (χ2n) is 4.98. The summed E-state index contributed by atoms with van der Waals surface area (Å²) in [6, 6.07) is 14.2. The maximum absolute atomic E-state index is 12.0. The molecule has 1 aliphatic rings. The molecule has 0 bridgehead atoms. The average molecular weight is 270 g/mol. The lowest BCUT2D eigenvalue weighted by Gasteiger charge is -2.22. The van der Waals surface area contributed by atoms with Crippen LogP contribution in [-0.2, 0) is 16.1 Å². The number of hydrogen-bond donors (Lipinski definition) is 2. The number of morpholine rings is 1. The van der Waals surface area contributed by atoms with Crippen molar-refractivity contribution in [2.24, 2.45) is 0 Å². The van der Waals surface area contributed by atoms with Crippen LogP contribution in [0.25, 0.3) is 10.8 Å². The zero-order valence-electron chi connectivity index (χ0n) is 11.3. The minimum atomic E-state index is -0.232. The van der Waals surface area contributed by atoms with E-state index in [-0.39, 0.29) is 11.9 Å². The van der Waals surface area contributed by atoms with Crippen molar-refractivity contribution >= 4 is 16.7 Å². The molecule has 20 heavy (non-hydrogen) atoms. The molecule has 3 rings (SSSR count). The van der Waals surface area contributed by atoms with Crippen molar-refractivity contribution in [3.8, 4) is 0 Å². The van der Waals surface area contributed by atoms with Crippen molar-refractivity contribution < 1.29 is 9.53 Å². The first-order valence-corrected chi connectivity index (χ1v) is 6.89. The predicted molar refractivity (Wildman–Crippen MR) is 78.4 cm³/mol. The smallest absolute Gasteiger partial charge is 0.239 e. The number of rotatable bonds is 3. The lowest BCUT2D eigenvalue weighted by Crippen LogP contribution is -2.51. The van der Waals surface area contributed by atoms with Crippen LogP contribution in [0.5, 0.6) is 0 Å². The summed E-state index contributed by atoms with van der Waals surface area (Å²) >= 11 is 0. The van der Waals surface area contributed by atoms with E-state index >= 15 is 0 Å². The fraction of sp³-hybridized carbons (Fsp3) is 0.312.